The first-order valence-corrected chi connectivity index (χ1v) is 13.0. The van der Waals surface area contributed by atoms with Crippen LogP contribution in [0.15, 0.2) is 63.5 Å². The van der Waals surface area contributed by atoms with Crippen molar-refractivity contribution in [3.63, 3.8) is 0 Å². The van der Waals surface area contributed by atoms with Crippen molar-refractivity contribution in [1.82, 2.24) is 4.57 Å². The van der Waals surface area contributed by atoms with Crippen molar-refractivity contribution in [2.45, 2.75) is 26.8 Å². The van der Waals surface area contributed by atoms with Crippen molar-refractivity contribution < 1.29 is 33.6 Å². The number of benzene rings is 2. The van der Waals surface area contributed by atoms with Crippen LogP contribution in [0.25, 0.3) is 6.08 Å². The minimum Gasteiger partial charge on any atom is -0.508 e. The van der Waals surface area contributed by atoms with Crippen LogP contribution >= 0.6 is 11.3 Å². The number of aromatic nitrogens is 1. The third kappa shape index (κ3) is 5.88. The number of aromatic hydroxyl groups is 1. The van der Waals surface area contributed by atoms with Gasteiger partial charge in [0, 0.05) is 0 Å². The molecule has 2 heterocycles. The van der Waals surface area contributed by atoms with Gasteiger partial charge in [-0.25, -0.2) is 14.6 Å². The molecule has 0 saturated heterocycles. The summed E-state index contributed by atoms with van der Waals surface area (Å²) in [5.74, 6) is -0.425. The van der Waals surface area contributed by atoms with E-state index in [4.69, 9.17) is 14.2 Å². The van der Waals surface area contributed by atoms with Gasteiger partial charge in [0.1, 0.15) is 5.75 Å². The Morgan fingerprint density at radius 2 is 1.90 bits per heavy atom. The molecule has 2 aromatic carbocycles. The van der Waals surface area contributed by atoms with Gasteiger partial charge in [-0.05, 0) is 62.2 Å². The van der Waals surface area contributed by atoms with Crippen molar-refractivity contribution in [2.24, 2.45) is 4.99 Å². The molecule has 4 rings (SSSR count). The van der Waals surface area contributed by atoms with Gasteiger partial charge in [0.05, 0.1) is 42.2 Å². The van der Waals surface area contributed by atoms with E-state index in [0.29, 0.717) is 44.3 Å². The fourth-order valence-corrected chi connectivity index (χ4v) is 5.20. The Kier molecular flexibility index (Phi) is 8.50. The first kappa shape index (κ1) is 27.6. The molecular formula is C28H28N2O8S. The third-order valence-electron chi connectivity index (χ3n) is 5.84. The number of esters is 2. The van der Waals surface area contributed by atoms with E-state index in [2.05, 4.69) is 9.73 Å². The molecule has 3 aromatic rings. The van der Waals surface area contributed by atoms with Crippen LogP contribution < -0.4 is 24.4 Å². The standard InChI is InChI=1S/C28H28N2O8S/c1-5-36-21-14-18(10-11-20(21)38-15-23(32)35-4)25-24(27(34)37-6-2)16(3)29-28-30(25)26(33)22(39-28)13-17-8-7-9-19(31)12-17/h7-14,25,31H,5-6,15H2,1-4H3/b22-13-/t25-/m1/s1. The Labute approximate surface area is 228 Å². The van der Waals surface area contributed by atoms with Gasteiger partial charge in [0.2, 0.25) is 0 Å². The second-order valence-corrected chi connectivity index (χ2v) is 9.41. The number of thiazole rings is 1. The van der Waals surface area contributed by atoms with E-state index in [1.807, 2.05) is 0 Å². The second-order valence-electron chi connectivity index (χ2n) is 8.40. The summed E-state index contributed by atoms with van der Waals surface area (Å²) in [4.78, 5) is 43.5. The lowest BCUT2D eigenvalue weighted by Gasteiger charge is -2.25. The lowest BCUT2D eigenvalue weighted by Crippen LogP contribution is -2.40. The molecule has 1 atom stereocenters. The molecule has 1 aliphatic rings. The zero-order valence-electron chi connectivity index (χ0n) is 21.9. The molecule has 11 heteroatoms. The van der Waals surface area contributed by atoms with Crippen LogP contribution in [-0.4, -0.2) is 48.5 Å². The number of methoxy groups -OCH3 is 1. The van der Waals surface area contributed by atoms with Crippen LogP contribution in [0, 0.1) is 0 Å². The fourth-order valence-electron chi connectivity index (χ4n) is 4.15. The summed E-state index contributed by atoms with van der Waals surface area (Å²) >= 11 is 1.18. The average molecular weight is 553 g/mol. The van der Waals surface area contributed by atoms with Crippen molar-refractivity contribution in [1.29, 1.82) is 0 Å². The smallest absolute Gasteiger partial charge is 0.343 e. The second kappa shape index (κ2) is 12.0. The third-order valence-corrected chi connectivity index (χ3v) is 6.82. The number of fused-ring (bicyclic) bond motifs is 1. The molecule has 10 nitrogen and oxygen atoms in total. The van der Waals surface area contributed by atoms with E-state index in [1.165, 1.54) is 23.0 Å². The van der Waals surface area contributed by atoms with E-state index in [-0.39, 0.29) is 30.1 Å². The van der Waals surface area contributed by atoms with E-state index in [0.717, 1.165) is 0 Å². The number of hydrogen-bond donors (Lipinski definition) is 1. The molecule has 0 unspecified atom stereocenters. The summed E-state index contributed by atoms with van der Waals surface area (Å²) in [6.45, 7) is 5.35. The van der Waals surface area contributed by atoms with Gasteiger partial charge in [-0.2, -0.15) is 0 Å². The molecule has 0 aliphatic carbocycles. The highest BCUT2D eigenvalue weighted by molar-refractivity contribution is 7.07. The predicted molar refractivity (Wildman–Crippen MR) is 144 cm³/mol. The minimum absolute atomic E-state index is 0.0767. The Morgan fingerprint density at radius 1 is 1.10 bits per heavy atom. The van der Waals surface area contributed by atoms with Crippen molar-refractivity contribution in [2.75, 3.05) is 26.9 Å². The number of ether oxygens (including phenoxy) is 4. The van der Waals surface area contributed by atoms with Crippen molar-refractivity contribution in [3.8, 4) is 17.2 Å². The molecule has 1 aromatic heterocycles. The van der Waals surface area contributed by atoms with Crippen LogP contribution in [0.4, 0.5) is 0 Å². The van der Waals surface area contributed by atoms with Gasteiger partial charge in [-0.1, -0.05) is 29.5 Å². The van der Waals surface area contributed by atoms with Gasteiger partial charge in [0.25, 0.3) is 5.56 Å². The molecule has 0 fully saturated rings. The monoisotopic (exact) mass is 552 g/mol. The fraction of sp³-hybridized carbons (Fsp3) is 0.286. The number of hydrogen-bond acceptors (Lipinski definition) is 10. The summed E-state index contributed by atoms with van der Waals surface area (Å²) < 4.78 is 23.2. The zero-order chi connectivity index (χ0) is 28.1. The molecule has 1 N–H and O–H groups in total. The molecule has 39 heavy (non-hydrogen) atoms. The molecule has 0 spiro atoms. The summed E-state index contributed by atoms with van der Waals surface area (Å²) in [5, 5.41) is 9.84. The molecule has 0 radical (unpaired) electrons. The molecule has 0 amide bonds. The first-order valence-electron chi connectivity index (χ1n) is 12.2. The number of phenols is 1. The number of rotatable bonds is 9. The Bertz CT molecular complexity index is 1620. The number of allylic oxidation sites excluding steroid dienone is 1. The summed E-state index contributed by atoms with van der Waals surface area (Å²) in [5.41, 5.74) is 1.49. The molecule has 0 saturated carbocycles. The molecule has 1 aliphatic heterocycles. The first-order chi connectivity index (χ1) is 18.8. The van der Waals surface area contributed by atoms with Crippen LogP contribution in [0.1, 0.15) is 37.9 Å². The van der Waals surface area contributed by atoms with Crippen molar-refractivity contribution >= 4 is 29.4 Å². The lowest BCUT2D eigenvalue weighted by molar-refractivity contribution is -0.143. The number of carbonyl (C=O) groups is 2. The summed E-state index contributed by atoms with van der Waals surface area (Å²) in [7, 11) is 1.26. The van der Waals surface area contributed by atoms with Gasteiger partial charge < -0.3 is 24.1 Å². The highest BCUT2D eigenvalue weighted by Gasteiger charge is 2.34. The van der Waals surface area contributed by atoms with Gasteiger partial charge in [-0.15, -0.1) is 0 Å². The number of nitrogens with zero attached hydrogens (tertiary/aromatic N) is 2. The Morgan fingerprint density at radius 3 is 2.59 bits per heavy atom. The SMILES string of the molecule is CCOC(=O)C1=C(C)N=c2s/c(=C\c3cccc(O)c3)c(=O)n2[C@@H]1c1ccc(OCC(=O)OC)c(OCC)c1. The van der Waals surface area contributed by atoms with Gasteiger partial charge >= 0.3 is 11.9 Å². The van der Waals surface area contributed by atoms with E-state index in [9.17, 15) is 19.5 Å². The highest BCUT2D eigenvalue weighted by atomic mass is 32.1. The number of phenolic OH excluding ortho intramolecular Hbond substituents is 1. The average Bonchev–Trinajstić information content (AvgIpc) is 3.21. The summed E-state index contributed by atoms with van der Waals surface area (Å²) in [6, 6.07) is 10.7. The summed E-state index contributed by atoms with van der Waals surface area (Å²) in [6.07, 6.45) is 1.67. The van der Waals surface area contributed by atoms with Crippen LogP contribution in [0.5, 0.6) is 17.2 Å². The molecule has 0 bridgehead atoms. The van der Waals surface area contributed by atoms with Gasteiger partial charge in [-0.3, -0.25) is 9.36 Å². The van der Waals surface area contributed by atoms with E-state index >= 15 is 0 Å². The van der Waals surface area contributed by atoms with Crippen LogP contribution in [0.3, 0.4) is 0 Å². The van der Waals surface area contributed by atoms with Gasteiger partial charge in [0.15, 0.2) is 22.9 Å². The lowest BCUT2D eigenvalue weighted by atomic mass is 9.95. The maximum Gasteiger partial charge on any atom is 0.343 e. The maximum absolute atomic E-state index is 13.7. The van der Waals surface area contributed by atoms with E-state index in [1.54, 1.807) is 69.3 Å². The highest BCUT2D eigenvalue weighted by Crippen LogP contribution is 2.36. The largest absolute Gasteiger partial charge is 0.508 e. The van der Waals surface area contributed by atoms with E-state index < -0.39 is 18.0 Å². The number of carbonyl (C=O) groups excluding carboxylic acids is 2. The topological polar surface area (TPSA) is 126 Å². The van der Waals surface area contributed by atoms with Crippen molar-refractivity contribution in [3.05, 3.63) is 84.5 Å². The van der Waals surface area contributed by atoms with Crippen LogP contribution in [-0.2, 0) is 19.1 Å². The minimum atomic E-state index is -0.861. The quantitative estimate of drug-likeness (QED) is 0.402. The Hall–Kier alpha value is -4.38. The maximum atomic E-state index is 13.7. The van der Waals surface area contributed by atoms with Crippen LogP contribution in [0.2, 0.25) is 0 Å². The zero-order valence-corrected chi connectivity index (χ0v) is 22.7. The predicted octanol–water partition coefficient (Wildman–Crippen LogP) is 2.45. The Balaban J connectivity index is 1.90. The normalized spacial score (nSPS) is 14.9. The molecule has 204 valence electrons. The molecular weight excluding hydrogens is 524 g/mol.